The quantitative estimate of drug-likeness (QED) is 0.871. The number of carbonyl (C=O) groups is 1. The molecule has 2 nitrogen and oxygen atoms in total. The number of hydrogen-bond donors (Lipinski definition) is 1. The van der Waals surface area contributed by atoms with E-state index in [-0.39, 0.29) is 5.56 Å². The lowest BCUT2D eigenvalue weighted by Gasteiger charge is -2.11. The van der Waals surface area contributed by atoms with Gasteiger partial charge in [-0.15, -0.1) is 0 Å². The van der Waals surface area contributed by atoms with Gasteiger partial charge in [0.25, 0.3) is 0 Å². The fourth-order valence-corrected chi connectivity index (χ4v) is 2.12. The third kappa shape index (κ3) is 2.77. The molecule has 0 heterocycles. The van der Waals surface area contributed by atoms with Crippen LogP contribution in [0.1, 0.15) is 15.9 Å². The summed E-state index contributed by atoms with van der Waals surface area (Å²) >= 11 is 5.63. The molecule has 1 N–H and O–H groups in total. The van der Waals surface area contributed by atoms with Crippen molar-refractivity contribution in [2.45, 2.75) is 6.18 Å². The summed E-state index contributed by atoms with van der Waals surface area (Å²) in [5.41, 5.74) is -0.310. The normalized spacial score (nSPS) is 11.4. The van der Waals surface area contributed by atoms with Crippen molar-refractivity contribution in [2.75, 3.05) is 0 Å². The summed E-state index contributed by atoms with van der Waals surface area (Å²) in [6.07, 6.45) is -4.54. The topological polar surface area (TPSA) is 37.3 Å². The SMILES string of the molecule is O=C(O)c1ccccc1-c1ccc(C(F)(F)F)c(Cl)c1. The molecule has 0 saturated heterocycles. The minimum Gasteiger partial charge on any atom is -0.478 e. The Labute approximate surface area is 117 Å². The van der Waals surface area contributed by atoms with Gasteiger partial charge in [-0.05, 0) is 29.3 Å². The summed E-state index contributed by atoms with van der Waals surface area (Å²) in [7, 11) is 0. The van der Waals surface area contributed by atoms with Crippen molar-refractivity contribution in [1.82, 2.24) is 0 Å². The van der Waals surface area contributed by atoms with Gasteiger partial charge >= 0.3 is 12.1 Å². The van der Waals surface area contributed by atoms with Crippen LogP contribution in [0.15, 0.2) is 42.5 Å². The molecule has 0 aliphatic heterocycles. The van der Waals surface area contributed by atoms with Crippen molar-refractivity contribution >= 4 is 17.6 Å². The molecule has 0 unspecified atom stereocenters. The summed E-state index contributed by atoms with van der Waals surface area (Å²) in [5, 5.41) is 8.60. The Hall–Kier alpha value is -2.01. The lowest BCUT2D eigenvalue weighted by molar-refractivity contribution is -0.137. The zero-order valence-electron chi connectivity index (χ0n) is 9.91. The minimum atomic E-state index is -4.54. The number of hydrogen-bond acceptors (Lipinski definition) is 1. The van der Waals surface area contributed by atoms with Crippen LogP contribution >= 0.6 is 11.6 Å². The molecule has 0 bridgehead atoms. The molecule has 2 aromatic rings. The number of alkyl halides is 3. The van der Waals surface area contributed by atoms with Gasteiger partial charge in [-0.1, -0.05) is 35.9 Å². The summed E-state index contributed by atoms with van der Waals surface area (Å²) in [5.74, 6) is -1.16. The van der Waals surface area contributed by atoms with Crippen molar-refractivity contribution in [1.29, 1.82) is 0 Å². The monoisotopic (exact) mass is 300 g/mol. The first-order chi connectivity index (χ1) is 9.30. The van der Waals surface area contributed by atoms with Crippen molar-refractivity contribution in [3.63, 3.8) is 0 Å². The molecule has 20 heavy (non-hydrogen) atoms. The second-order valence-electron chi connectivity index (χ2n) is 4.04. The van der Waals surface area contributed by atoms with E-state index in [2.05, 4.69) is 0 Å². The third-order valence-corrected chi connectivity index (χ3v) is 3.06. The van der Waals surface area contributed by atoms with Gasteiger partial charge in [0.15, 0.2) is 0 Å². The maximum absolute atomic E-state index is 12.6. The molecule has 2 aromatic carbocycles. The molecular weight excluding hydrogens is 293 g/mol. The molecule has 0 fully saturated rings. The molecule has 0 aliphatic carbocycles. The maximum Gasteiger partial charge on any atom is 0.417 e. The first-order valence-corrected chi connectivity index (χ1v) is 5.88. The molecule has 0 aliphatic rings. The Bertz CT molecular complexity index is 666. The molecule has 0 saturated carbocycles. The van der Waals surface area contributed by atoms with E-state index in [1.54, 1.807) is 12.1 Å². The van der Waals surface area contributed by atoms with Gasteiger partial charge in [-0.25, -0.2) is 4.79 Å². The van der Waals surface area contributed by atoms with Crippen LogP contribution in [-0.4, -0.2) is 11.1 Å². The first-order valence-electron chi connectivity index (χ1n) is 5.50. The summed E-state index contributed by atoms with van der Waals surface area (Å²) in [6, 6.07) is 9.20. The molecule has 2 rings (SSSR count). The zero-order chi connectivity index (χ0) is 14.9. The first kappa shape index (κ1) is 14.4. The van der Waals surface area contributed by atoms with Crippen molar-refractivity contribution in [3.8, 4) is 11.1 Å². The van der Waals surface area contributed by atoms with E-state index < -0.39 is 22.7 Å². The zero-order valence-corrected chi connectivity index (χ0v) is 10.7. The highest BCUT2D eigenvalue weighted by Gasteiger charge is 2.33. The van der Waals surface area contributed by atoms with E-state index >= 15 is 0 Å². The third-order valence-electron chi connectivity index (χ3n) is 2.74. The highest BCUT2D eigenvalue weighted by Crippen LogP contribution is 2.37. The van der Waals surface area contributed by atoms with Gasteiger partial charge in [0.2, 0.25) is 0 Å². The predicted octanol–water partition coefficient (Wildman–Crippen LogP) is 4.72. The molecule has 0 amide bonds. The number of carboxylic acids is 1. The highest BCUT2D eigenvalue weighted by molar-refractivity contribution is 6.31. The van der Waals surface area contributed by atoms with Gasteiger partial charge in [-0.2, -0.15) is 13.2 Å². The second kappa shape index (κ2) is 5.17. The molecule has 0 spiro atoms. The Morgan fingerprint density at radius 3 is 2.30 bits per heavy atom. The van der Waals surface area contributed by atoms with Crippen LogP contribution in [0, 0.1) is 0 Å². The van der Waals surface area contributed by atoms with E-state index in [0.29, 0.717) is 11.1 Å². The lowest BCUT2D eigenvalue weighted by Crippen LogP contribution is -2.06. The van der Waals surface area contributed by atoms with Crippen LogP contribution in [0.25, 0.3) is 11.1 Å². The summed E-state index contributed by atoms with van der Waals surface area (Å²) in [6.45, 7) is 0. The Morgan fingerprint density at radius 1 is 1.10 bits per heavy atom. The van der Waals surface area contributed by atoms with Gasteiger partial charge < -0.3 is 5.11 Å². The average molecular weight is 301 g/mol. The lowest BCUT2D eigenvalue weighted by atomic mass is 9.98. The van der Waals surface area contributed by atoms with Gasteiger partial charge in [-0.3, -0.25) is 0 Å². The number of rotatable bonds is 2. The van der Waals surface area contributed by atoms with Gasteiger partial charge in [0.05, 0.1) is 16.1 Å². The van der Waals surface area contributed by atoms with Gasteiger partial charge in [0.1, 0.15) is 0 Å². The highest BCUT2D eigenvalue weighted by atomic mass is 35.5. The Morgan fingerprint density at radius 2 is 1.75 bits per heavy atom. The second-order valence-corrected chi connectivity index (χ2v) is 4.45. The fourth-order valence-electron chi connectivity index (χ4n) is 1.83. The number of carboxylic acid groups (broad SMARTS) is 1. The largest absolute Gasteiger partial charge is 0.478 e. The minimum absolute atomic E-state index is 0.00308. The van der Waals surface area contributed by atoms with E-state index in [4.69, 9.17) is 16.7 Å². The molecular formula is C14H8ClF3O2. The molecule has 104 valence electrons. The van der Waals surface area contributed by atoms with Crippen LogP contribution in [0.2, 0.25) is 5.02 Å². The van der Waals surface area contributed by atoms with Crippen LogP contribution in [0.3, 0.4) is 0 Å². The van der Waals surface area contributed by atoms with E-state index in [0.717, 1.165) is 12.1 Å². The summed E-state index contributed by atoms with van der Waals surface area (Å²) < 4.78 is 37.8. The predicted molar refractivity (Wildman–Crippen MR) is 68.8 cm³/mol. The van der Waals surface area contributed by atoms with Crippen molar-refractivity contribution in [3.05, 3.63) is 58.6 Å². The summed E-state index contributed by atoms with van der Waals surface area (Å²) in [4.78, 5) is 11.1. The smallest absolute Gasteiger partial charge is 0.417 e. The number of benzene rings is 2. The van der Waals surface area contributed by atoms with E-state index in [1.807, 2.05) is 0 Å². The van der Waals surface area contributed by atoms with E-state index in [1.165, 1.54) is 18.2 Å². The van der Waals surface area contributed by atoms with Crippen LogP contribution in [-0.2, 0) is 6.18 Å². The van der Waals surface area contributed by atoms with Crippen LogP contribution in [0.5, 0.6) is 0 Å². The standard InChI is InChI=1S/C14H8ClF3O2/c15-12-7-8(5-6-11(12)14(16,17)18)9-3-1-2-4-10(9)13(19)20/h1-7H,(H,19,20). The Balaban J connectivity index is 2.56. The Kier molecular flexibility index (Phi) is 3.72. The molecule has 6 heteroatoms. The maximum atomic E-state index is 12.6. The van der Waals surface area contributed by atoms with Crippen molar-refractivity contribution < 1.29 is 23.1 Å². The molecule has 0 radical (unpaired) electrons. The average Bonchev–Trinajstić information content (AvgIpc) is 2.37. The fraction of sp³-hybridized carbons (Fsp3) is 0.0714. The molecule has 0 aromatic heterocycles. The van der Waals surface area contributed by atoms with Gasteiger partial charge in [0, 0.05) is 0 Å². The number of halogens is 4. The molecule has 0 atom stereocenters. The van der Waals surface area contributed by atoms with Crippen molar-refractivity contribution in [2.24, 2.45) is 0 Å². The number of aromatic carboxylic acids is 1. The van der Waals surface area contributed by atoms with E-state index in [9.17, 15) is 18.0 Å². The van der Waals surface area contributed by atoms with Crippen LogP contribution in [0.4, 0.5) is 13.2 Å². The van der Waals surface area contributed by atoms with Crippen LogP contribution < -0.4 is 0 Å².